The molecule has 0 fully saturated rings. The monoisotopic (exact) mass is 441 g/mol. The van der Waals surface area contributed by atoms with Gasteiger partial charge in [0, 0.05) is 36.2 Å². The van der Waals surface area contributed by atoms with Crippen LogP contribution >= 0.6 is 0 Å². The first-order valence-electron chi connectivity index (χ1n) is 10.8. The number of aromatic nitrogens is 4. The smallest absolute Gasteiger partial charge is 0.335 e. The maximum absolute atomic E-state index is 10.9. The number of rotatable bonds is 1. The minimum atomic E-state index is -0.856. The molecule has 0 unspecified atom stereocenters. The second-order valence-electron chi connectivity index (χ2n) is 10.9. The van der Waals surface area contributed by atoms with Crippen LogP contribution in [0.5, 0.6) is 0 Å². The highest BCUT2D eigenvalue weighted by molar-refractivity contribution is 5.92. The van der Waals surface area contributed by atoms with Crippen LogP contribution in [-0.4, -0.2) is 37.0 Å². The summed E-state index contributed by atoms with van der Waals surface area (Å²) in [6.45, 7) is 18.9. The molecular formula is C25H39N5O2. The Labute approximate surface area is 192 Å². The van der Waals surface area contributed by atoms with Crippen molar-refractivity contribution in [3.05, 3.63) is 53.5 Å². The first-order chi connectivity index (χ1) is 14.5. The third-order valence-electron chi connectivity index (χ3n) is 4.77. The minimum absolute atomic E-state index is 0.0399. The fraction of sp³-hybridized carbons (Fsp3) is 0.560. The summed E-state index contributed by atoms with van der Waals surface area (Å²) in [6.07, 6.45) is 5.03. The molecule has 0 saturated heterocycles. The maximum atomic E-state index is 10.9. The zero-order valence-corrected chi connectivity index (χ0v) is 21.3. The molecule has 2 aromatic rings. The summed E-state index contributed by atoms with van der Waals surface area (Å²) < 4.78 is 1.69. The van der Waals surface area contributed by atoms with Crippen molar-refractivity contribution < 1.29 is 9.90 Å². The molecule has 32 heavy (non-hydrogen) atoms. The van der Waals surface area contributed by atoms with Gasteiger partial charge in [-0.25, -0.2) is 9.48 Å². The molecule has 3 rings (SSSR count). The van der Waals surface area contributed by atoms with E-state index in [2.05, 4.69) is 68.1 Å². The number of allylic oxidation sites excluding steroid dienone is 1. The van der Waals surface area contributed by atoms with Gasteiger partial charge in [0.2, 0.25) is 0 Å². The highest BCUT2D eigenvalue weighted by atomic mass is 16.4. The number of tetrazole rings is 1. The van der Waals surface area contributed by atoms with E-state index in [0.29, 0.717) is 5.56 Å². The summed E-state index contributed by atoms with van der Waals surface area (Å²) in [5.41, 5.74) is 2.76. The predicted molar refractivity (Wildman–Crippen MR) is 130 cm³/mol. The number of aliphatic imine (C=N–C) groups is 1. The third-order valence-corrected chi connectivity index (χ3v) is 4.77. The second-order valence-corrected chi connectivity index (χ2v) is 10.9. The molecule has 0 radical (unpaired) electrons. The van der Waals surface area contributed by atoms with Crippen molar-refractivity contribution in [3.63, 3.8) is 0 Å². The van der Waals surface area contributed by atoms with Gasteiger partial charge in [-0.1, -0.05) is 86.6 Å². The molecule has 0 aliphatic carbocycles. The van der Waals surface area contributed by atoms with E-state index in [4.69, 9.17) is 5.11 Å². The molecule has 0 atom stereocenters. The Balaban J connectivity index is 0.000000245. The molecule has 176 valence electrons. The molecule has 1 aromatic carbocycles. The molecular weight excluding hydrogens is 402 g/mol. The van der Waals surface area contributed by atoms with E-state index in [-0.39, 0.29) is 16.2 Å². The van der Waals surface area contributed by atoms with Gasteiger partial charge in [-0.15, -0.1) is 5.10 Å². The number of benzene rings is 1. The molecule has 0 saturated carbocycles. The van der Waals surface area contributed by atoms with Gasteiger partial charge in [0.05, 0.1) is 5.56 Å². The molecule has 1 aromatic heterocycles. The number of hydrogen-bond acceptors (Lipinski definition) is 5. The summed E-state index contributed by atoms with van der Waals surface area (Å²) in [4.78, 5) is 15.1. The standard InChI is InChI=1S/C11H14O2.C8H13N.C6H12N4/c1-11(2,3)9-7-5-4-6-8(9)10(12)13;1-8(2,3)7-5-4-6-9-7;1-6(2,3)5-7-8-9-10(5)4/h4-7H,1-3H3,(H,12,13);4,6H,5H2,1-3H3;1-4H3. The van der Waals surface area contributed by atoms with Crippen LogP contribution in [0.15, 0.2) is 41.5 Å². The predicted octanol–water partition coefficient (Wildman–Crippen LogP) is 5.58. The van der Waals surface area contributed by atoms with E-state index in [1.54, 1.807) is 16.8 Å². The SMILES string of the molecule is CC(C)(C)C1=NC=CC1.CC(C)(C)c1ccccc1C(=O)O.Cn1nnnc1C(C)(C)C. The lowest BCUT2D eigenvalue weighted by Gasteiger charge is -2.20. The van der Waals surface area contributed by atoms with E-state index in [1.165, 1.54) is 5.71 Å². The fourth-order valence-electron chi connectivity index (χ4n) is 3.05. The maximum Gasteiger partial charge on any atom is 0.335 e. The molecule has 1 aliphatic heterocycles. The first kappa shape index (κ1) is 27.2. The zero-order chi connectivity index (χ0) is 24.7. The summed E-state index contributed by atoms with van der Waals surface area (Å²) in [5, 5.41) is 20.1. The normalized spacial score (nSPS) is 13.5. The molecule has 2 heterocycles. The summed E-state index contributed by atoms with van der Waals surface area (Å²) >= 11 is 0. The summed E-state index contributed by atoms with van der Waals surface area (Å²) in [5.74, 6) is 0.0537. The van der Waals surface area contributed by atoms with E-state index >= 15 is 0 Å². The van der Waals surface area contributed by atoms with Crippen LogP contribution in [-0.2, 0) is 17.9 Å². The number of aromatic carboxylic acids is 1. The Hall–Kier alpha value is -2.83. The van der Waals surface area contributed by atoms with E-state index in [9.17, 15) is 4.79 Å². The van der Waals surface area contributed by atoms with Crippen LogP contribution < -0.4 is 0 Å². The minimum Gasteiger partial charge on any atom is -0.478 e. The van der Waals surface area contributed by atoms with Crippen molar-refractivity contribution in [2.45, 2.75) is 79.6 Å². The Morgan fingerprint density at radius 1 is 0.938 bits per heavy atom. The largest absolute Gasteiger partial charge is 0.478 e. The number of nitrogens with zero attached hydrogens (tertiary/aromatic N) is 5. The van der Waals surface area contributed by atoms with Crippen molar-refractivity contribution in [2.24, 2.45) is 17.5 Å². The van der Waals surface area contributed by atoms with Crippen LogP contribution in [0.2, 0.25) is 0 Å². The van der Waals surface area contributed by atoms with Crippen LogP contribution in [0, 0.1) is 5.41 Å². The van der Waals surface area contributed by atoms with Gasteiger partial charge >= 0.3 is 5.97 Å². The summed E-state index contributed by atoms with van der Waals surface area (Å²) in [7, 11) is 1.85. The lowest BCUT2D eigenvalue weighted by molar-refractivity contribution is 0.0694. The molecule has 1 N–H and O–H groups in total. The van der Waals surface area contributed by atoms with Gasteiger partial charge < -0.3 is 5.11 Å². The quantitative estimate of drug-likeness (QED) is 0.623. The Kier molecular flexibility index (Phi) is 9.06. The van der Waals surface area contributed by atoms with Gasteiger partial charge in [0.15, 0.2) is 5.82 Å². The zero-order valence-electron chi connectivity index (χ0n) is 21.3. The molecule has 7 nitrogen and oxygen atoms in total. The van der Waals surface area contributed by atoms with E-state index in [1.807, 2.05) is 46.2 Å². The van der Waals surface area contributed by atoms with Crippen molar-refractivity contribution >= 4 is 11.7 Å². The molecule has 0 spiro atoms. The van der Waals surface area contributed by atoms with Gasteiger partial charge in [-0.3, -0.25) is 4.99 Å². The summed E-state index contributed by atoms with van der Waals surface area (Å²) in [6, 6.07) is 7.12. The molecule has 1 aliphatic rings. The highest BCUT2D eigenvalue weighted by Gasteiger charge is 2.21. The Morgan fingerprint density at radius 2 is 1.53 bits per heavy atom. The average molecular weight is 442 g/mol. The second kappa shape index (κ2) is 10.7. The molecule has 7 heteroatoms. The highest BCUT2D eigenvalue weighted by Crippen LogP contribution is 2.25. The van der Waals surface area contributed by atoms with E-state index in [0.717, 1.165) is 17.8 Å². The number of hydrogen-bond donors (Lipinski definition) is 1. The number of aryl methyl sites for hydroxylation is 1. The average Bonchev–Trinajstić information content (AvgIpc) is 3.33. The Bertz CT molecular complexity index is 952. The lowest BCUT2D eigenvalue weighted by Crippen LogP contribution is -2.17. The van der Waals surface area contributed by atoms with Crippen molar-refractivity contribution in [2.75, 3.05) is 0 Å². The van der Waals surface area contributed by atoms with Gasteiger partial charge in [0.25, 0.3) is 0 Å². The number of carboxylic acid groups (broad SMARTS) is 1. The van der Waals surface area contributed by atoms with Gasteiger partial charge in [-0.05, 0) is 27.5 Å². The van der Waals surface area contributed by atoms with Crippen LogP contribution in [0.4, 0.5) is 0 Å². The fourth-order valence-corrected chi connectivity index (χ4v) is 3.05. The van der Waals surface area contributed by atoms with Crippen molar-refractivity contribution in [1.82, 2.24) is 20.2 Å². The van der Waals surface area contributed by atoms with Gasteiger partial charge in [-0.2, -0.15) is 0 Å². The molecule has 0 amide bonds. The lowest BCUT2D eigenvalue weighted by atomic mass is 9.84. The van der Waals surface area contributed by atoms with Crippen LogP contribution in [0.25, 0.3) is 0 Å². The topological polar surface area (TPSA) is 93.3 Å². The first-order valence-corrected chi connectivity index (χ1v) is 10.8. The Morgan fingerprint density at radius 3 is 1.81 bits per heavy atom. The van der Waals surface area contributed by atoms with Crippen molar-refractivity contribution in [1.29, 1.82) is 0 Å². The van der Waals surface area contributed by atoms with E-state index < -0.39 is 5.97 Å². The van der Waals surface area contributed by atoms with Gasteiger partial charge in [0.1, 0.15) is 0 Å². The number of carboxylic acids is 1. The third kappa shape index (κ3) is 8.36. The molecule has 0 bridgehead atoms. The number of carbonyl (C=O) groups is 1. The van der Waals surface area contributed by atoms with Crippen LogP contribution in [0.3, 0.4) is 0 Å². The van der Waals surface area contributed by atoms with Crippen molar-refractivity contribution in [3.8, 4) is 0 Å². The van der Waals surface area contributed by atoms with Crippen LogP contribution in [0.1, 0.15) is 90.5 Å².